The monoisotopic (exact) mass is 1170 g/mol. The van der Waals surface area contributed by atoms with Crippen LogP contribution in [0.4, 0.5) is 5.69 Å². The number of phenols is 1. The molecule has 387 valence electrons. The van der Waals surface area contributed by atoms with Crippen molar-refractivity contribution in [3.63, 3.8) is 0 Å². The number of carboxylic acid groups (broad SMARTS) is 5. The van der Waals surface area contributed by atoms with Gasteiger partial charge in [0.25, 0.3) is 5.91 Å². The zero-order valence-corrected chi connectivity index (χ0v) is 42.2. The first kappa shape index (κ1) is 61.5. The van der Waals surface area contributed by atoms with Gasteiger partial charge in [0, 0.05) is 44.5 Å². The van der Waals surface area contributed by atoms with Crippen molar-refractivity contribution in [1.29, 1.82) is 0 Å². The predicted octanol–water partition coefficient (Wildman–Crippen LogP) is 1.39. The van der Waals surface area contributed by atoms with E-state index in [-0.39, 0.29) is 120 Å². The van der Waals surface area contributed by atoms with Crippen LogP contribution in [-0.2, 0) is 44.8 Å². The largest absolute Gasteiger partial charge is 3.00 e. The molecule has 72 heavy (non-hydrogen) atoms. The quantitative estimate of drug-likeness (QED) is 0.0180. The fourth-order valence-corrected chi connectivity index (χ4v) is 6.91. The number of hydrogen-bond donors (Lipinski definition) is 9. The average molecular weight is 1170 g/mol. The van der Waals surface area contributed by atoms with Crippen LogP contribution in [-0.4, -0.2) is 190 Å². The van der Waals surface area contributed by atoms with Crippen molar-refractivity contribution >= 4 is 82.5 Å². The van der Waals surface area contributed by atoms with E-state index in [1.807, 2.05) is 0 Å². The number of ether oxygens (including phenoxy) is 3. The first-order valence-electron chi connectivity index (χ1n) is 21.5. The van der Waals surface area contributed by atoms with Gasteiger partial charge < -0.3 is 60.8 Å². The molecule has 0 bridgehead atoms. The molecule has 3 aromatic rings. The number of rotatable bonds is 33. The molecule has 1 unspecified atom stereocenters. The summed E-state index contributed by atoms with van der Waals surface area (Å²) in [5, 5.41) is 65.8. The Kier molecular flexibility index (Phi) is 27.7. The molecule has 0 aliphatic heterocycles. The molecule has 0 saturated heterocycles. The molecule has 1 atom stereocenters. The van der Waals surface area contributed by atoms with Gasteiger partial charge in [0.2, 0.25) is 0 Å². The van der Waals surface area contributed by atoms with Gasteiger partial charge >= 0.3 is 69.8 Å². The molecule has 3 rings (SSSR count). The summed E-state index contributed by atoms with van der Waals surface area (Å²) >= 11 is 5.38. The minimum atomic E-state index is -1.33. The number of nitrogens with zero attached hydrogens (tertiary/aromatic N) is 3. The number of phenolic OH excluding ortho intramolecular Hbond substituents is 1. The summed E-state index contributed by atoms with van der Waals surface area (Å²) < 4.78 is 16.1. The standard InChI is InChI=1S/C47H56N6O17S.Gd/c1-68-39-20-31(7-13-37(39)56)5-11-35(54)22-36(55)12-6-32-8-14-38(40(21-32)69-2)70-29-41(57)48-15-16-49-47(71)50-33-9-3-30(4-10-33)19-34(53(27-45(64)65)28-46(66)67)23-51(24-42(58)59)17-18-52(25-43(60)61)26-44(62)63;/h3-14,20-21,34,56H,15-19,22-29H2,1-2H3,(H,48,57)(H,58,59)(H,60,61)(H,62,63)(H,64,65)(H,66,67)(H2,49,50,71);/q;+3/b11-5+,12-6+;. The van der Waals surface area contributed by atoms with Gasteiger partial charge in [-0.3, -0.25) is 53.1 Å². The van der Waals surface area contributed by atoms with Crippen LogP contribution in [0.25, 0.3) is 12.2 Å². The van der Waals surface area contributed by atoms with Crippen LogP contribution >= 0.6 is 12.2 Å². The van der Waals surface area contributed by atoms with Crippen LogP contribution in [0.2, 0.25) is 0 Å². The Morgan fingerprint density at radius 3 is 1.68 bits per heavy atom. The van der Waals surface area contributed by atoms with E-state index in [4.69, 9.17) is 26.4 Å². The summed E-state index contributed by atoms with van der Waals surface area (Å²) in [5.41, 5.74) is 2.32. The normalized spacial score (nSPS) is 11.5. The molecule has 0 spiro atoms. The van der Waals surface area contributed by atoms with E-state index in [0.717, 1.165) is 9.80 Å². The maximum absolute atomic E-state index is 12.6. The summed E-state index contributed by atoms with van der Waals surface area (Å²) in [5.74, 6) is -7.10. The number of nitrogens with one attached hydrogen (secondary N) is 3. The fourth-order valence-electron chi connectivity index (χ4n) is 6.69. The Morgan fingerprint density at radius 2 is 1.14 bits per heavy atom. The Balaban J connectivity index is 0.0000178. The molecule has 0 saturated carbocycles. The number of allylic oxidation sites excluding steroid dienone is 2. The molecule has 23 nitrogen and oxygen atoms in total. The molecule has 1 radical (unpaired) electrons. The van der Waals surface area contributed by atoms with Crippen molar-refractivity contribution in [3.8, 4) is 23.0 Å². The van der Waals surface area contributed by atoms with Gasteiger partial charge in [0.15, 0.2) is 46.3 Å². The van der Waals surface area contributed by atoms with Gasteiger partial charge in [-0.2, -0.15) is 0 Å². The van der Waals surface area contributed by atoms with E-state index in [1.54, 1.807) is 54.6 Å². The summed E-state index contributed by atoms with van der Waals surface area (Å²) in [4.78, 5) is 98.9. The number of benzene rings is 3. The van der Waals surface area contributed by atoms with Gasteiger partial charge in [0.1, 0.15) is 0 Å². The number of amides is 1. The Labute approximate surface area is 451 Å². The molecule has 0 aliphatic rings. The van der Waals surface area contributed by atoms with Crippen molar-refractivity contribution in [2.24, 2.45) is 0 Å². The van der Waals surface area contributed by atoms with Crippen molar-refractivity contribution in [3.05, 3.63) is 89.5 Å². The van der Waals surface area contributed by atoms with Crippen LogP contribution < -0.4 is 30.2 Å². The first-order chi connectivity index (χ1) is 33.7. The number of ketones is 2. The Hall–Kier alpha value is -6.61. The van der Waals surface area contributed by atoms with Crippen molar-refractivity contribution in [1.82, 2.24) is 25.3 Å². The van der Waals surface area contributed by atoms with Gasteiger partial charge in [-0.15, -0.1) is 0 Å². The number of carboxylic acids is 5. The number of carbonyl (C=O) groups excluding carboxylic acids is 3. The Morgan fingerprint density at radius 1 is 0.639 bits per heavy atom. The summed E-state index contributed by atoms with van der Waals surface area (Å²) in [6.07, 6.45) is 5.23. The summed E-state index contributed by atoms with van der Waals surface area (Å²) in [6, 6.07) is 15.1. The molecule has 25 heteroatoms. The number of anilines is 1. The molecular weight excluding hydrogens is 1110 g/mol. The van der Waals surface area contributed by atoms with Gasteiger partial charge in [-0.05, 0) is 83.9 Å². The smallest absolute Gasteiger partial charge is 0.504 e. The molecule has 0 aliphatic carbocycles. The van der Waals surface area contributed by atoms with Crippen LogP contribution in [0.15, 0.2) is 72.8 Å². The number of hydrogen-bond acceptors (Lipinski definition) is 16. The van der Waals surface area contributed by atoms with E-state index < -0.39 is 86.1 Å². The number of carbonyl (C=O) groups is 8. The van der Waals surface area contributed by atoms with Gasteiger partial charge in [-0.1, -0.05) is 36.4 Å². The van der Waals surface area contributed by atoms with Crippen molar-refractivity contribution < 1.29 is 123 Å². The molecule has 0 fully saturated rings. The van der Waals surface area contributed by atoms with E-state index in [9.17, 15) is 69.0 Å². The maximum atomic E-state index is 12.6. The van der Waals surface area contributed by atoms with Crippen molar-refractivity contribution in [2.75, 3.05) is 91.6 Å². The minimum absolute atomic E-state index is 0. The molecule has 9 N–H and O–H groups in total. The third kappa shape index (κ3) is 24.5. The molecule has 0 heterocycles. The third-order valence-electron chi connectivity index (χ3n) is 9.91. The van der Waals surface area contributed by atoms with Gasteiger partial charge in [-0.25, -0.2) is 0 Å². The average Bonchev–Trinajstić information content (AvgIpc) is 3.29. The topological polar surface area (TPSA) is 331 Å². The molecule has 0 aromatic heterocycles. The van der Waals surface area contributed by atoms with E-state index >= 15 is 0 Å². The number of thiocarbonyl (C=S) groups is 1. The van der Waals surface area contributed by atoms with Crippen LogP contribution in [0.5, 0.6) is 23.0 Å². The number of aromatic hydroxyl groups is 1. The minimum Gasteiger partial charge on any atom is -0.504 e. The number of aliphatic carboxylic acids is 5. The second kappa shape index (κ2) is 32.4. The predicted molar refractivity (Wildman–Crippen MR) is 260 cm³/mol. The zero-order chi connectivity index (χ0) is 52.5. The number of methoxy groups -OCH3 is 2. The summed E-state index contributed by atoms with van der Waals surface area (Å²) in [6.45, 7) is -3.71. The molecule has 1 amide bonds. The van der Waals surface area contributed by atoms with E-state index in [1.165, 1.54) is 49.5 Å². The Bertz CT molecular complexity index is 2410. The van der Waals surface area contributed by atoms with E-state index in [0.29, 0.717) is 22.4 Å². The molecule has 3 aromatic carbocycles. The van der Waals surface area contributed by atoms with E-state index in [2.05, 4.69) is 16.0 Å². The van der Waals surface area contributed by atoms with Crippen LogP contribution in [0.3, 0.4) is 0 Å². The van der Waals surface area contributed by atoms with Crippen molar-refractivity contribution in [2.45, 2.75) is 18.9 Å². The van der Waals surface area contributed by atoms with Crippen LogP contribution in [0.1, 0.15) is 23.1 Å². The molecular formula is C47H56GdN6O17S+3. The second-order valence-electron chi connectivity index (χ2n) is 15.5. The SMILES string of the molecule is COc1cc(/C=C/C(=O)CC(=O)/C=C/c2ccc(OCC(=O)NCCNC(=S)Nc3ccc(CC(CN(CCN(CC(=O)O)CC(=O)O)CC(=O)O)N(CC(=O)O)CC(=O)O)cc3)c(OC)c2)ccc1O.[Gd+3]. The fraction of sp³-hybridized carbons (Fsp3) is 0.340. The summed E-state index contributed by atoms with van der Waals surface area (Å²) in [7, 11) is 2.81. The van der Waals surface area contributed by atoms with Gasteiger partial charge in [0.05, 0.1) is 53.4 Å². The first-order valence-corrected chi connectivity index (χ1v) is 21.9. The zero-order valence-electron chi connectivity index (χ0n) is 39.1. The maximum Gasteiger partial charge on any atom is 3.00 e. The second-order valence-corrected chi connectivity index (χ2v) is 15.9. The van der Waals surface area contributed by atoms with Crippen LogP contribution in [0, 0.1) is 39.9 Å². The third-order valence-corrected chi connectivity index (χ3v) is 10.2.